The summed E-state index contributed by atoms with van der Waals surface area (Å²) in [5.41, 5.74) is 22.1. The predicted octanol–water partition coefficient (Wildman–Crippen LogP) is -2.97. The lowest BCUT2D eigenvalue weighted by atomic mass is 9.81. The Kier molecular flexibility index (Phi) is 10.2. The summed E-state index contributed by atoms with van der Waals surface area (Å²) in [5, 5.41) is 8.50. The van der Waals surface area contributed by atoms with Gasteiger partial charge < -0.3 is 33.2 Å². The van der Waals surface area contributed by atoms with Crippen LogP contribution in [0.25, 0.3) is 0 Å². The number of nitrogens with zero attached hydrogens (tertiary/aromatic N) is 2. The van der Waals surface area contributed by atoms with Crippen LogP contribution in [-0.2, 0) is 14.4 Å². The Morgan fingerprint density at radius 1 is 1.06 bits per heavy atom. The van der Waals surface area contributed by atoms with E-state index in [0.717, 1.165) is 26.2 Å². The number of guanidine groups is 1. The van der Waals surface area contributed by atoms with Crippen LogP contribution in [0.4, 0.5) is 8.78 Å². The summed E-state index contributed by atoms with van der Waals surface area (Å²) in [4.78, 5) is 43.8. The maximum Gasteiger partial charge on any atom is 0.240 e. The Hall–Kier alpha value is -2.62. The lowest BCUT2D eigenvalue weighted by molar-refractivity contribution is -0.134. The van der Waals surface area contributed by atoms with Crippen LogP contribution in [0.5, 0.6) is 0 Å². The summed E-state index contributed by atoms with van der Waals surface area (Å²) in [6.07, 6.45) is -2.56. The van der Waals surface area contributed by atoms with Gasteiger partial charge in [-0.25, -0.2) is 19.6 Å². The molecule has 1 saturated carbocycles. The van der Waals surface area contributed by atoms with Crippen molar-refractivity contribution in [2.75, 3.05) is 26.3 Å². The van der Waals surface area contributed by atoms with Crippen molar-refractivity contribution in [3.63, 3.8) is 0 Å². The molecule has 2 aliphatic heterocycles. The Balaban J connectivity index is 1.56. The van der Waals surface area contributed by atoms with Crippen molar-refractivity contribution in [3.8, 4) is 0 Å². The van der Waals surface area contributed by atoms with E-state index < -0.39 is 60.5 Å². The van der Waals surface area contributed by atoms with Crippen LogP contribution in [0.2, 0.25) is 0 Å². The molecular weight excluding hydrogens is 478 g/mol. The van der Waals surface area contributed by atoms with Gasteiger partial charge in [0.2, 0.25) is 17.7 Å². The molecule has 3 fully saturated rings. The van der Waals surface area contributed by atoms with Gasteiger partial charge in [0.15, 0.2) is 5.96 Å². The van der Waals surface area contributed by atoms with Gasteiger partial charge in [0, 0.05) is 38.8 Å². The number of nitrogens with one attached hydrogen (secondary N) is 5. The van der Waals surface area contributed by atoms with Crippen LogP contribution < -0.4 is 44.0 Å². The smallest absolute Gasteiger partial charge is 0.240 e. The first-order chi connectivity index (χ1) is 17.2. The highest BCUT2D eigenvalue weighted by Crippen LogP contribution is 2.30. The molecule has 3 amide bonds. The highest BCUT2D eigenvalue weighted by Gasteiger charge is 2.43. The molecule has 15 heteroatoms. The average Bonchev–Trinajstić information content (AvgIpc) is 3.38. The number of carbonyl (C=O) groups excluding carboxylic acids is 3. The van der Waals surface area contributed by atoms with Crippen molar-refractivity contribution in [1.29, 1.82) is 0 Å². The molecular formula is C21H38F2N10O3. The summed E-state index contributed by atoms with van der Waals surface area (Å²) >= 11 is 0. The summed E-state index contributed by atoms with van der Waals surface area (Å²) in [5.74, 6) is -3.01. The molecule has 7 atom stereocenters. The molecule has 0 aromatic carbocycles. The van der Waals surface area contributed by atoms with Crippen LogP contribution in [-0.4, -0.2) is 91.5 Å². The molecule has 0 radical (unpaired) electrons. The molecule has 1 aliphatic carbocycles. The zero-order chi connectivity index (χ0) is 26.2. The van der Waals surface area contributed by atoms with E-state index in [1.165, 1.54) is 0 Å². The molecule has 36 heavy (non-hydrogen) atoms. The lowest BCUT2D eigenvalue weighted by Gasteiger charge is -2.38. The number of rotatable bonds is 10. The third-order valence-electron chi connectivity index (χ3n) is 6.91. The fourth-order valence-electron chi connectivity index (χ4n) is 4.84. The standard InChI is InChI=1S/C21H38F2N10O3/c22-12-8-11(19(35)29-14(18(24)34)2-1-5-28-21(25)26)16(9-13(12)23)30-20(36)15-3-4-17(32-31-15)33-7-6-27-10-33/h11-17,27,31-32H,1-10H2,(H2,24,34)(H,29,35)(H,30,36)(H4,25,26,28)/t11?,12?,13?,14-,15?,16?,17?/m0/s1. The second kappa shape index (κ2) is 13.1. The van der Waals surface area contributed by atoms with Gasteiger partial charge in [-0.3, -0.25) is 24.3 Å². The third kappa shape index (κ3) is 7.69. The first-order valence-electron chi connectivity index (χ1n) is 12.3. The molecule has 3 aliphatic rings. The second-order valence-corrected chi connectivity index (χ2v) is 9.54. The van der Waals surface area contributed by atoms with E-state index in [0.29, 0.717) is 12.8 Å². The van der Waals surface area contributed by atoms with E-state index in [2.05, 4.69) is 36.7 Å². The molecule has 13 nitrogen and oxygen atoms in total. The van der Waals surface area contributed by atoms with Crippen molar-refractivity contribution < 1.29 is 23.2 Å². The van der Waals surface area contributed by atoms with Gasteiger partial charge in [0.25, 0.3) is 0 Å². The quantitative estimate of drug-likeness (QED) is 0.0846. The fourth-order valence-corrected chi connectivity index (χ4v) is 4.84. The van der Waals surface area contributed by atoms with Crippen molar-refractivity contribution in [2.45, 2.75) is 75.2 Å². The van der Waals surface area contributed by atoms with Gasteiger partial charge in [-0.2, -0.15) is 0 Å². The average molecular weight is 517 g/mol. The minimum absolute atomic E-state index is 0.0810. The van der Waals surface area contributed by atoms with Gasteiger partial charge in [0.1, 0.15) is 24.4 Å². The van der Waals surface area contributed by atoms with Crippen LogP contribution >= 0.6 is 0 Å². The number of hydrazine groups is 1. The van der Waals surface area contributed by atoms with Crippen LogP contribution in [0, 0.1) is 5.92 Å². The van der Waals surface area contributed by atoms with Gasteiger partial charge >= 0.3 is 0 Å². The largest absolute Gasteiger partial charge is 0.370 e. The first-order valence-corrected chi connectivity index (χ1v) is 12.3. The number of hydrogen-bond donors (Lipinski definition) is 8. The maximum atomic E-state index is 14.2. The minimum atomic E-state index is -1.85. The zero-order valence-corrected chi connectivity index (χ0v) is 20.2. The third-order valence-corrected chi connectivity index (χ3v) is 6.91. The van der Waals surface area contributed by atoms with E-state index in [1.54, 1.807) is 0 Å². The number of nitrogens with two attached hydrogens (primary N) is 3. The molecule has 0 bridgehead atoms. The topological polar surface area (TPSA) is 205 Å². The first kappa shape index (κ1) is 28.0. The number of halogens is 2. The summed E-state index contributed by atoms with van der Waals surface area (Å²) in [6, 6.07) is -2.56. The van der Waals surface area contributed by atoms with Crippen LogP contribution in [0.15, 0.2) is 4.99 Å². The fraction of sp³-hybridized carbons (Fsp3) is 0.810. The zero-order valence-electron chi connectivity index (χ0n) is 20.2. The summed E-state index contributed by atoms with van der Waals surface area (Å²) in [6.45, 7) is 2.80. The highest BCUT2D eigenvalue weighted by atomic mass is 19.2. The SMILES string of the molecule is NC(=O)[C@H](CCCN=C(N)N)NC(=O)C1CC(F)C(F)CC1NC(=O)C1CCC(N2CCNC2)NN1. The Bertz CT molecular complexity index is 801. The van der Waals surface area contributed by atoms with Crippen molar-refractivity contribution in [2.24, 2.45) is 28.1 Å². The van der Waals surface area contributed by atoms with E-state index >= 15 is 0 Å². The van der Waals surface area contributed by atoms with Crippen LogP contribution in [0.1, 0.15) is 38.5 Å². The number of aliphatic imine (C=N–C) groups is 1. The molecule has 2 saturated heterocycles. The molecule has 2 heterocycles. The minimum Gasteiger partial charge on any atom is -0.370 e. The number of hydrogen-bond acceptors (Lipinski definition) is 8. The molecule has 6 unspecified atom stereocenters. The second-order valence-electron chi connectivity index (χ2n) is 9.54. The lowest BCUT2D eigenvalue weighted by Crippen LogP contribution is -2.63. The van der Waals surface area contributed by atoms with Crippen molar-refractivity contribution >= 4 is 23.7 Å². The van der Waals surface area contributed by atoms with Gasteiger partial charge in [-0.15, -0.1) is 0 Å². The number of amides is 3. The van der Waals surface area contributed by atoms with Gasteiger partial charge in [-0.1, -0.05) is 0 Å². The number of alkyl halides is 2. The highest BCUT2D eigenvalue weighted by molar-refractivity contribution is 5.89. The summed E-state index contributed by atoms with van der Waals surface area (Å²) < 4.78 is 28.5. The normalized spacial score (nSPS) is 31.8. The molecule has 204 valence electrons. The monoisotopic (exact) mass is 516 g/mol. The van der Waals surface area contributed by atoms with E-state index in [-0.39, 0.29) is 31.5 Å². The molecule has 0 aromatic rings. The molecule has 0 spiro atoms. The van der Waals surface area contributed by atoms with E-state index in [1.807, 2.05) is 0 Å². The van der Waals surface area contributed by atoms with E-state index in [4.69, 9.17) is 17.2 Å². The molecule has 3 rings (SSSR count). The van der Waals surface area contributed by atoms with Gasteiger partial charge in [0.05, 0.1) is 12.1 Å². The maximum absolute atomic E-state index is 14.2. The molecule has 11 N–H and O–H groups in total. The van der Waals surface area contributed by atoms with Crippen LogP contribution in [0.3, 0.4) is 0 Å². The Morgan fingerprint density at radius 2 is 1.81 bits per heavy atom. The Labute approximate surface area is 208 Å². The van der Waals surface area contributed by atoms with Crippen molar-refractivity contribution in [3.05, 3.63) is 0 Å². The number of carbonyl (C=O) groups is 3. The number of primary amides is 1. The van der Waals surface area contributed by atoms with Crippen molar-refractivity contribution in [1.82, 2.24) is 31.7 Å². The molecule has 0 aromatic heterocycles. The van der Waals surface area contributed by atoms with E-state index in [9.17, 15) is 23.2 Å². The summed E-state index contributed by atoms with van der Waals surface area (Å²) in [7, 11) is 0. The predicted molar refractivity (Wildman–Crippen MR) is 128 cm³/mol. The Morgan fingerprint density at radius 3 is 2.42 bits per heavy atom. The van der Waals surface area contributed by atoms with Gasteiger partial charge in [-0.05, 0) is 32.1 Å².